The lowest BCUT2D eigenvalue weighted by molar-refractivity contribution is -0.610. The molecule has 32 heavy (non-hydrogen) atoms. The van der Waals surface area contributed by atoms with Gasteiger partial charge in [0.1, 0.15) is 0 Å². The Morgan fingerprint density at radius 3 is 0.406 bits per heavy atom. The first-order chi connectivity index (χ1) is 15.5. The van der Waals surface area contributed by atoms with Gasteiger partial charge in [0.2, 0.25) is 0 Å². The number of rotatable bonds is 8. The molecule has 0 aliphatic heterocycles. The van der Waals surface area contributed by atoms with Crippen LogP contribution in [0.15, 0.2) is 40.9 Å². The van der Waals surface area contributed by atoms with Gasteiger partial charge in [-0.05, 0) is 44.2 Å². The Hall–Kier alpha value is -5.52. The summed E-state index contributed by atoms with van der Waals surface area (Å²) in [5.74, 6) is 0. The van der Waals surface area contributed by atoms with Gasteiger partial charge < -0.3 is 0 Å². The summed E-state index contributed by atoms with van der Waals surface area (Å²) in [5, 5.41) is 28.8. The highest BCUT2D eigenvalue weighted by atomic mass is 15.8. The van der Waals surface area contributed by atoms with Gasteiger partial charge in [-0.2, -0.15) is 0 Å². The summed E-state index contributed by atoms with van der Waals surface area (Å²) in [6.07, 6.45) is 0. The number of azide groups is 8. The zero-order valence-electron chi connectivity index (χ0n) is 14.7. The van der Waals surface area contributed by atoms with Crippen molar-refractivity contribution in [2.24, 2.45) is 40.9 Å². The van der Waals surface area contributed by atoms with E-state index in [1.165, 1.54) is 0 Å². The highest BCUT2D eigenvalue weighted by Gasteiger charge is 3.40. The number of hydrogen-bond donors (Lipinski definition) is 0. The van der Waals surface area contributed by atoms with E-state index in [0.29, 0.717) is 0 Å². The summed E-state index contributed by atoms with van der Waals surface area (Å²) in [5.41, 5.74) is 55.8. The average molecular weight is 432 g/mol. The first kappa shape index (κ1) is 18.5. The van der Waals surface area contributed by atoms with E-state index in [-0.39, 0.29) is 0 Å². The van der Waals surface area contributed by atoms with Crippen molar-refractivity contribution in [3.63, 3.8) is 0 Å². The van der Waals surface area contributed by atoms with Crippen molar-refractivity contribution in [1.29, 1.82) is 0 Å². The van der Waals surface area contributed by atoms with Gasteiger partial charge in [0, 0.05) is 39.3 Å². The summed E-state index contributed by atoms with van der Waals surface area (Å²) in [6.45, 7) is 0. The molecule has 6 aliphatic rings. The molecule has 0 radical (unpaired) electrons. The van der Waals surface area contributed by atoms with Gasteiger partial charge in [0.05, 0.1) is 44.3 Å². The fourth-order valence-electron chi connectivity index (χ4n) is 8.18. The van der Waals surface area contributed by atoms with Crippen molar-refractivity contribution in [3.8, 4) is 0 Å². The quantitative estimate of drug-likeness (QED) is 0.291. The Morgan fingerprint density at radius 2 is 0.344 bits per heavy atom. The van der Waals surface area contributed by atoms with E-state index >= 15 is 0 Å². The molecule has 24 nitrogen and oxygen atoms in total. The molecule has 0 N–H and O–H groups in total. The zero-order chi connectivity index (χ0) is 23.3. The van der Waals surface area contributed by atoms with Gasteiger partial charge in [-0.25, -0.2) is 0 Å². The maximum atomic E-state index is 9.28. The van der Waals surface area contributed by atoms with Crippen molar-refractivity contribution in [2.45, 2.75) is 44.3 Å². The summed E-state index contributed by atoms with van der Waals surface area (Å²) < 4.78 is 0. The van der Waals surface area contributed by atoms with Gasteiger partial charge in [0.15, 0.2) is 0 Å². The molecular weight excluding hydrogens is 432 g/mol. The third-order valence-corrected chi connectivity index (χ3v) is 7.84. The van der Waals surface area contributed by atoms with Gasteiger partial charge in [-0.15, -0.1) is 0 Å². The zero-order valence-corrected chi connectivity index (χ0v) is 14.7. The molecule has 152 valence electrons. The molecule has 0 bridgehead atoms. The van der Waals surface area contributed by atoms with Crippen LogP contribution in [0.4, 0.5) is 0 Å². The maximum Gasteiger partial charge on any atom is 0.0868 e. The molecule has 6 fully saturated rings. The van der Waals surface area contributed by atoms with E-state index in [1.807, 2.05) is 0 Å². The van der Waals surface area contributed by atoms with Crippen LogP contribution >= 0.6 is 0 Å². The van der Waals surface area contributed by atoms with Gasteiger partial charge in [-0.3, -0.25) is 0 Å². The molecule has 0 atom stereocenters. The Morgan fingerprint density at radius 1 is 0.250 bits per heavy atom. The SMILES string of the molecule is [N-]=[N+]=NC12C3(N=[N+]=[N-])C4(N=[N+]=[N-])C1(N=[N+]=[N-])C1(N=[N+]=[N-])C2(N=[N+]=[N-])C3(N=[N+]=[N-])C41N=[N+]=[N-]. The topological polar surface area (TPSA) is 390 Å². The highest BCUT2D eigenvalue weighted by Crippen LogP contribution is 3.17. The number of hydrogen-bond acceptors (Lipinski definition) is 8. The molecule has 6 aliphatic carbocycles. The van der Waals surface area contributed by atoms with E-state index < -0.39 is 44.3 Å². The third-order valence-electron chi connectivity index (χ3n) is 7.84. The molecule has 0 aromatic carbocycles. The largest absolute Gasteiger partial charge is 0.0868 e. The van der Waals surface area contributed by atoms with Crippen LogP contribution in [0, 0.1) is 0 Å². The normalized spacial score (nSPS) is 51.5. The summed E-state index contributed by atoms with van der Waals surface area (Å²) in [7, 11) is 0. The second-order valence-electron chi connectivity index (χ2n) is 7.20. The minimum atomic E-state index is -2.31. The molecule has 6 rings (SSSR count). The fraction of sp³-hybridized carbons (Fsp3) is 1.00. The minimum absolute atomic E-state index is 2.31. The molecule has 6 saturated carbocycles. The van der Waals surface area contributed by atoms with Gasteiger partial charge >= 0.3 is 0 Å². The Kier molecular flexibility index (Phi) is 2.58. The average Bonchev–Trinajstić information content (AvgIpc) is 2.77. The van der Waals surface area contributed by atoms with Gasteiger partial charge in [0.25, 0.3) is 0 Å². The van der Waals surface area contributed by atoms with E-state index in [4.69, 9.17) is 0 Å². The predicted molar refractivity (Wildman–Crippen MR) is 95.0 cm³/mol. The van der Waals surface area contributed by atoms with Crippen molar-refractivity contribution in [1.82, 2.24) is 0 Å². The van der Waals surface area contributed by atoms with Crippen LogP contribution in [0.3, 0.4) is 0 Å². The van der Waals surface area contributed by atoms with Crippen molar-refractivity contribution in [2.75, 3.05) is 0 Å². The van der Waals surface area contributed by atoms with Gasteiger partial charge in [-0.1, -0.05) is 40.9 Å². The molecule has 0 unspecified atom stereocenters. The van der Waals surface area contributed by atoms with Crippen LogP contribution in [0.5, 0.6) is 0 Å². The van der Waals surface area contributed by atoms with Crippen molar-refractivity contribution in [3.05, 3.63) is 83.5 Å². The van der Waals surface area contributed by atoms with Crippen LogP contribution in [0.1, 0.15) is 0 Å². The molecule has 0 aromatic rings. The molecule has 0 amide bonds. The predicted octanol–water partition coefficient (Wildman–Crippen LogP) is 4.45. The molecule has 0 heterocycles. The van der Waals surface area contributed by atoms with Crippen LogP contribution in [-0.2, 0) is 0 Å². The maximum absolute atomic E-state index is 9.28. The minimum Gasteiger partial charge on any atom is -0.0850 e. The number of nitrogens with zero attached hydrogens (tertiary/aromatic N) is 24. The van der Waals surface area contributed by atoms with Crippen LogP contribution < -0.4 is 0 Å². The Balaban J connectivity index is 2.13. The summed E-state index contributed by atoms with van der Waals surface area (Å²) >= 11 is 0. The van der Waals surface area contributed by atoms with E-state index in [1.54, 1.807) is 0 Å². The van der Waals surface area contributed by atoms with Crippen molar-refractivity contribution < 1.29 is 0 Å². The molecule has 0 saturated heterocycles. The smallest absolute Gasteiger partial charge is 0.0850 e. The highest BCUT2D eigenvalue weighted by molar-refractivity contribution is 6.04. The monoisotopic (exact) mass is 432 g/mol. The lowest BCUT2D eigenvalue weighted by Gasteiger charge is -3.24. The Bertz CT molecular complexity index is 1060. The Labute approximate surface area is 169 Å². The first-order valence-electron chi connectivity index (χ1n) is 7.99. The standard InChI is InChI=1S/C8N24/c9-25-17-1-2(18-26-10)5(21-29-13)3(1,19-27-11)7(23-31-15)4(1,20-28-12)6(2,22-30-14)8(5,7)24-32-16. The molecular formula is C8N24. The van der Waals surface area contributed by atoms with E-state index in [9.17, 15) is 44.2 Å². The second-order valence-corrected chi connectivity index (χ2v) is 7.20. The fourth-order valence-corrected chi connectivity index (χ4v) is 8.18. The summed E-state index contributed by atoms with van der Waals surface area (Å²) in [4.78, 5) is 21.4. The van der Waals surface area contributed by atoms with Crippen LogP contribution in [-0.4, -0.2) is 44.3 Å². The lowest BCUT2D eigenvalue weighted by Crippen LogP contribution is -3.49. The molecule has 0 aromatic heterocycles. The van der Waals surface area contributed by atoms with Crippen molar-refractivity contribution >= 4 is 0 Å². The summed E-state index contributed by atoms with van der Waals surface area (Å²) in [6, 6.07) is 0. The first-order valence-corrected chi connectivity index (χ1v) is 7.99. The third kappa shape index (κ3) is 0.746. The van der Waals surface area contributed by atoms with E-state index in [0.717, 1.165) is 0 Å². The molecule has 24 heteroatoms. The van der Waals surface area contributed by atoms with Crippen LogP contribution in [0.2, 0.25) is 0 Å². The van der Waals surface area contributed by atoms with Crippen LogP contribution in [0.25, 0.3) is 83.5 Å². The molecule has 0 spiro atoms. The second kappa shape index (κ2) is 4.46. The lowest BCUT2D eigenvalue weighted by atomic mass is 8.82. The van der Waals surface area contributed by atoms with E-state index in [2.05, 4.69) is 80.2 Å².